The van der Waals surface area contributed by atoms with Gasteiger partial charge in [-0.15, -0.1) is 0 Å². The van der Waals surface area contributed by atoms with Crippen molar-refractivity contribution >= 4 is 0 Å². The van der Waals surface area contributed by atoms with E-state index in [9.17, 15) is 4.39 Å². The predicted molar refractivity (Wildman–Crippen MR) is 38.5 cm³/mol. The van der Waals surface area contributed by atoms with E-state index in [2.05, 4.69) is 11.8 Å². The molecule has 1 aliphatic carbocycles. The lowest BCUT2D eigenvalue weighted by Gasteiger charge is -2.23. The Balaban J connectivity index is 2.03. The molecule has 2 aliphatic rings. The highest BCUT2D eigenvalue weighted by atomic mass is 19.1. The normalized spacial score (nSPS) is 54.3. The molecule has 2 rings (SSSR count). The molecule has 0 amide bonds. The third-order valence-electron chi connectivity index (χ3n) is 3.06. The molecule has 4 atom stereocenters. The minimum absolute atomic E-state index is 0.413. The van der Waals surface area contributed by atoms with Gasteiger partial charge in [0.1, 0.15) is 6.17 Å². The van der Waals surface area contributed by atoms with Crippen LogP contribution in [0.1, 0.15) is 6.92 Å². The first-order chi connectivity index (χ1) is 4.70. The van der Waals surface area contributed by atoms with Crippen molar-refractivity contribution in [2.75, 3.05) is 20.1 Å². The molecule has 2 heteroatoms. The van der Waals surface area contributed by atoms with Crippen LogP contribution in [-0.2, 0) is 0 Å². The van der Waals surface area contributed by atoms with E-state index >= 15 is 0 Å². The lowest BCUT2D eigenvalue weighted by molar-refractivity contribution is 0.152. The van der Waals surface area contributed by atoms with E-state index in [1.165, 1.54) is 0 Å². The Bertz CT molecular complexity index is 140. The van der Waals surface area contributed by atoms with Gasteiger partial charge in [0.25, 0.3) is 0 Å². The zero-order valence-electron chi connectivity index (χ0n) is 6.55. The first-order valence-electron chi connectivity index (χ1n) is 4.03. The zero-order chi connectivity index (χ0) is 7.30. The molecule has 4 unspecified atom stereocenters. The van der Waals surface area contributed by atoms with Gasteiger partial charge in [-0.2, -0.15) is 0 Å². The number of nitrogens with zero attached hydrogens (tertiary/aromatic N) is 1. The maximum atomic E-state index is 13.1. The molecule has 0 radical (unpaired) electrons. The summed E-state index contributed by atoms with van der Waals surface area (Å²) in [4.78, 5) is 2.11. The summed E-state index contributed by atoms with van der Waals surface area (Å²) >= 11 is 0. The fraction of sp³-hybridized carbons (Fsp3) is 1.00. The number of rotatable bonds is 0. The Morgan fingerprint density at radius 3 is 2.70 bits per heavy atom. The van der Waals surface area contributed by atoms with E-state index in [0.717, 1.165) is 6.54 Å². The van der Waals surface area contributed by atoms with Crippen molar-refractivity contribution in [3.05, 3.63) is 0 Å². The van der Waals surface area contributed by atoms with Crippen LogP contribution in [0.15, 0.2) is 0 Å². The Morgan fingerprint density at radius 2 is 2.10 bits per heavy atom. The highest BCUT2D eigenvalue weighted by Crippen LogP contribution is 2.51. The van der Waals surface area contributed by atoms with Gasteiger partial charge in [0, 0.05) is 13.1 Å². The van der Waals surface area contributed by atoms with Gasteiger partial charge in [-0.3, -0.25) is 0 Å². The number of likely N-dealkylation sites (tertiary alicyclic amines) is 1. The summed E-state index contributed by atoms with van der Waals surface area (Å²) in [7, 11) is 2.01. The second kappa shape index (κ2) is 1.94. The van der Waals surface area contributed by atoms with Crippen LogP contribution in [0.5, 0.6) is 0 Å². The molecular weight excluding hydrogens is 129 g/mol. The topological polar surface area (TPSA) is 3.24 Å². The van der Waals surface area contributed by atoms with E-state index in [0.29, 0.717) is 24.3 Å². The summed E-state index contributed by atoms with van der Waals surface area (Å²) in [6.45, 7) is 3.94. The van der Waals surface area contributed by atoms with Crippen molar-refractivity contribution in [1.29, 1.82) is 0 Å². The molecule has 58 valence electrons. The molecule has 1 saturated carbocycles. The van der Waals surface area contributed by atoms with Crippen molar-refractivity contribution in [3.8, 4) is 0 Å². The minimum atomic E-state index is -0.543. The van der Waals surface area contributed by atoms with Crippen LogP contribution < -0.4 is 0 Å². The molecule has 1 aliphatic heterocycles. The molecule has 0 aromatic carbocycles. The van der Waals surface area contributed by atoms with Crippen LogP contribution in [0.4, 0.5) is 4.39 Å². The molecule has 1 nitrogen and oxygen atoms in total. The monoisotopic (exact) mass is 143 g/mol. The Kier molecular flexibility index (Phi) is 1.28. The standard InChI is InChI=1S/C8H14FN/c1-5-6-3-10(2)4-7(9)8(5)6/h5-8H,3-4H2,1-2H3. The van der Waals surface area contributed by atoms with Crippen LogP contribution in [-0.4, -0.2) is 31.2 Å². The van der Waals surface area contributed by atoms with Gasteiger partial charge in [0.2, 0.25) is 0 Å². The second-order valence-electron chi connectivity index (χ2n) is 3.84. The predicted octanol–water partition coefficient (Wildman–Crippen LogP) is 1.15. The average molecular weight is 143 g/mol. The van der Waals surface area contributed by atoms with Crippen molar-refractivity contribution in [2.45, 2.75) is 13.1 Å². The van der Waals surface area contributed by atoms with Crippen molar-refractivity contribution < 1.29 is 4.39 Å². The quantitative estimate of drug-likeness (QED) is 0.491. The molecule has 1 heterocycles. The summed E-state index contributed by atoms with van der Waals surface area (Å²) in [5.41, 5.74) is 0. The zero-order valence-corrected chi connectivity index (χ0v) is 6.55. The van der Waals surface area contributed by atoms with E-state index < -0.39 is 6.17 Å². The van der Waals surface area contributed by atoms with Gasteiger partial charge in [0.05, 0.1) is 0 Å². The smallest absolute Gasteiger partial charge is 0.116 e. The summed E-state index contributed by atoms with van der Waals surface area (Å²) in [6.07, 6.45) is -0.543. The fourth-order valence-electron chi connectivity index (χ4n) is 2.32. The van der Waals surface area contributed by atoms with Crippen molar-refractivity contribution in [1.82, 2.24) is 4.90 Å². The van der Waals surface area contributed by atoms with Crippen LogP contribution in [0.3, 0.4) is 0 Å². The largest absolute Gasteiger partial charge is 0.303 e. The van der Waals surface area contributed by atoms with E-state index in [1.807, 2.05) is 7.05 Å². The third-order valence-corrected chi connectivity index (χ3v) is 3.06. The minimum Gasteiger partial charge on any atom is -0.303 e. The van der Waals surface area contributed by atoms with Crippen molar-refractivity contribution in [3.63, 3.8) is 0 Å². The molecule has 1 saturated heterocycles. The van der Waals surface area contributed by atoms with Crippen LogP contribution >= 0.6 is 0 Å². The fourth-order valence-corrected chi connectivity index (χ4v) is 2.32. The number of piperidine rings is 1. The first kappa shape index (κ1) is 6.59. The highest BCUT2D eigenvalue weighted by molar-refractivity contribution is 5.03. The number of alkyl halides is 1. The first-order valence-corrected chi connectivity index (χ1v) is 4.03. The van der Waals surface area contributed by atoms with Crippen LogP contribution in [0, 0.1) is 17.8 Å². The number of hydrogen-bond donors (Lipinski definition) is 0. The molecule has 0 aromatic heterocycles. The van der Waals surface area contributed by atoms with E-state index in [-0.39, 0.29) is 0 Å². The van der Waals surface area contributed by atoms with E-state index in [1.54, 1.807) is 0 Å². The Labute approximate surface area is 61.2 Å². The van der Waals surface area contributed by atoms with Gasteiger partial charge in [0.15, 0.2) is 0 Å². The average Bonchev–Trinajstić information content (AvgIpc) is 2.42. The molecule has 0 aromatic rings. The summed E-state index contributed by atoms with van der Waals surface area (Å²) in [5, 5.41) is 0. The molecule has 0 N–H and O–H groups in total. The second-order valence-corrected chi connectivity index (χ2v) is 3.84. The number of hydrogen-bond acceptors (Lipinski definition) is 1. The number of fused-ring (bicyclic) bond motifs is 1. The van der Waals surface area contributed by atoms with Gasteiger partial charge in [-0.05, 0) is 24.8 Å². The third kappa shape index (κ3) is 0.782. The van der Waals surface area contributed by atoms with Crippen molar-refractivity contribution in [2.24, 2.45) is 17.8 Å². The van der Waals surface area contributed by atoms with Gasteiger partial charge >= 0.3 is 0 Å². The molecular formula is C8H14FN. The van der Waals surface area contributed by atoms with Crippen LogP contribution in [0.2, 0.25) is 0 Å². The number of halogens is 1. The van der Waals surface area contributed by atoms with Gasteiger partial charge in [-0.25, -0.2) is 4.39 Å². The van der Waals surface area contributed by atoms with E-state index in [4.69, 9.17) is 0 Å². The SMILES string of the molecule is CC1C2CN(C)CC(F)C12. The Hall–Kier alpha value is -0.110. The summed E-state index contributed by atoms with van der Waals surface area (Å²) in [5.74, 6) is 1.74. The molecule has 2 fully saturated rings. The summed E-state index contributed by atoms with van der Waals surface area (Å²) < 4.78 is 13.1. The lowest BCUT2D eigenvalue weighted by atomic mass is 10.1. The van der Waals surface area contributed by atoms with Gasteiger partial charge < -0.3 is 4.90 Å². The molecule has 10 heavy (non-hydrogen) atoms. The lowest BCUT2D eigenvalue weighted by Crippen LogP contribution is -2.35. The summed E-state index contributed by atoms with van der Waals surface area (Å²) in [6, 6.07) is 0. The maximum Gasteiger partial charge on any atom is 0.116 e. The Morgan fingerprint density at radius 1 is 1.40 bits per heavy atom. The maximum absolute atomic E-state index is 13.1. The van der Waals surface area contributed by atoms with Crippen LogP contribution in [0.25, 0.3) is 0 Å². The van der Waals surface area contributed by atoms with Gasteiger partial charge in [-0.1, -0.05) is 6.92 Å². The molecule has 0 spiro atoms. The highest BCUT2D eigenvalue weighted by Gasteiger charge is 2.54. The molecule has 0 bridgehead atoms.